The van der Waals surface area contributed by atoms with Crippen LogP contribution >= 0.6 is 0 Å². The van der Waals surface area contributed by atoms with Crippen molar-refractivity contribution in [3.8, 4) is 0 Å². The van der Waals surface area contributed by atoms with Gasteiger partial charge < -0.3 is 10.6 Å². The molecular formula is C15H20N4. The standard InChI is InChI=1S/C15H20N4/c1-11(2)14-8-15(18-10-17-14)19(3)9-12-6-4-5-7-13(12)16/h4-8,10-11H,9,16H2,1-3H3. The Kier molecular flexibility index (Phi) is 4.00. The van der Waals surface area contributed by atoms with E-state index in [9.17, 15) is 0 Å². The van der Waals surface area contributed by atoms with Crippen LogP contribution in [0.15, 0.2) is 36.7 Å². The Morgan fingerprint density at radius 3 is 2.63 bits per heavy atom. The van der Waals surface area contributed by atoms with E-state index in [4.69, 9.17) is 5.73 Å². The second kappa shape index (κ2) is 5.69. The summed E-state index contributed by atoms with van der Waals surface area (Å²) in [6.45, 7) is 4.99. The third-order valence-corrected chi connectivity index (χ3v) is 3.12. The Morgan fingerprint density at radius 1 is 1.21 bits per heavy atom. The minimum atomic E-state index is 0.400. The average molecular weight is 256 g/mol. The van der Waals surface area contributed by atoms with Crippen LogP contribution in [0.25, 0.3) is 0 Å². The SMILES string of the molecule is CC(C)c1cc(N(C)Cc2ccccc2N)ncn1. The van der Waals surface area contributed by atoms with Crippen molar-refractivity contribution in [2.24, 2.45) is 0 Å². The van der Waals surface area contributed by atoms with Crippen LogP contribution in [0.1, 0.15) is 31.0 Å². The quantitative estimate of drug-likeness (QED) is 0.855. The fourth-order valence-corrected chi connectivity index (χ4v) is 1.90. The van der Waals surface area contributed by atoms with E-state index in [1.165, 1.54) is 0 Å². The molecule has 0 aliphatic carbocycles. The first-order valence-corrected chi connectivity index (χ1v) is 6.44. The maximum absolute atomic E-state index is 5.97. The molecule has 2 N–H and O–H groups in total. The number of aromatic nitrogens is 2. The number of benzene rings is 1. The van der Waals surface area contributed by atoms with Crippen LogP contribution in [-0.4, -0.2) is 17.0 Å². The van der Waals surface area contributed by atoms with E-state index in [1.54, 1.807) is 6.33 Å². The van der Waals surface area contributed by atoms with E-state index in [-0.39, 0.29) is 0 Å². The van der Waals surface area contributed by atoms with E-state index in [0.29, 0.717) is 5.92 Å². The van der Waals surface area contributed by atoms with Crippen LogP contribution in [-0.2, 0) is 6.54 Å². The topological polar surface area (TPSA) is 55.0 Å². The van der Waals surface area contributed by atoms with Gasteiger partial charge >= 0.3 is 0 Å². The van der Waals surface area contributed by atoms with Gasteiger partial charge in [-0.2, -0.15) is 0 Å². The van der Waals surface area contributed by atoms with Crippen molar-refractivity contribution < 1.29 is 0 Å². The molecule has 0 aliphatic heterocycles. The largest absolute Gasteiger partial charge is 0.398 e. The van der Waals surface area contributed by atoms with Crippen molar-refractivity contribution >= 4 is 11.5 Å². The molecule has 0 fully saturated rings. The monoisotopic (exact) mass is 256 g/mol. The highest BCUT2D eigenvalue weighted by Gasteiger charge is 2.08. The average Bonchev–Trinajstić information content (AvgIpc) is 2.41. The summed E-state index contributed by atoms with van der Waals surface area (Å²) in [5.74, 6) is 1.32. The van der Waals surface area contributed by atoms with Gasteiger partial charge in [-0.05, 0) is 17.5 Å². The molecule has 1 aromatic carbocycles. The molecule has 2 aromatic rings. The molecule has 1 heterocycles. The summed E-state index contributed by atoms with van der Waals surface area (Å²) in [6, 6.07) is 9.93. The third-order valence-electron chi connectivity index (χ3n) is 3.12. The predicted molar refractivity (Wildman–Crippen MR) is 79.1 cm³/mol. The van der Waals surface area contributed by atoms with Crippen molar-refractivity contribution in [1.29, 1.82) is 0 Å². The highest BCUT2D eigenvalue weighted by Crippen LogP contribution is 2.19. The van der Waals surface area contributed by atoms with E-state index in [2.05, 4.69) is 28.7 Å². The summed E-state index contributed by atoms with van der Waals surface area (Å²) < 4.78 is 0. The van der Waals surface area contributed by atoms with Crippen LogP contribution in [0.5, 0.6) is 0 Å². The zero-order valence-electron chi connectivity index (χ0n) is 11.7. The molecule has 0 spiro atoms. The Hall–Kier alpha value is -2.10. The van der Waals surface area contributed by atoms with E-state index >= 15 is 0 Å². The third kappa shape index (κ3) is 3.22. The van der Waals surface area contributed by atoms with Crippen LogP contribution in [0.2, 0.25) is 0 Å². The van der Waals surface area contributed by atoms with E-state index in [1.807, 2.05) is 37.4 Å². The van der Waals surface area contributed by atoms with Crippen LogP contribution in [0.4, 0.5) is 11.5 Å². The number of nitrogens with zero attached hydrogens (tertiary/aromatic N) is 3. The van der Waals surface area contributed by atoms with Crippen LogP contribution in [0, 0.1) is 0 Å². The van der Waals surface area contributed by atoms with E-state index in [0.717, 1.165) is 29.3 Å². The fourth-order valence-electron chi connectivity index (χ4n) is 1.90. The molecule has 0 atom stereocenters. The number of nitrogens with two attached hydrogens (primary N) is 1. The van der Waals surface area contributed by atoms with E-state index < -0.39 is 0 Å². The molecule has 0 bridgehead atoms. The molecule has 4 nitrogen and oxygen atoms in total. The zero-order chi connectivity index (χ0) is 13.8. The molecule has 0 radical (unpaired) electrons. The highest BCUT2D eigenvalue weighted by atomic mass is 15.2. The second-order valence-corrected chi connectivity index (χ2v) is 5.01. The molecule has 2 rings (SSSR count). The predicted octanol–water partition coefficient (Wildman–Crippen LogP) is 2.82. The molecule has 0 unspecified atom stereocenters. The number of para-hydroxylation sites is 1. The number of hydrogen-bond donors (Lipinski definition) is 1. The molecule has 0 aliphatic rings. The Labute approximate surface area is 114 Å². The molecule has 100 valence electrons. The zero-order valence-corrected chi connectivity index (χ0v) is 11.7. The maximum Gasteiger partial charge on any atom is 0.132 e. The first-order valence-electron chi connectivity index (χ1n) is 6.44. The van der Waals surface area contributed by atoms with Gasteiger partial charge in [0.15, 0.2) is 0 Å². The smallest absolute Gasteiger partial charge is 0.132 e. The lowest BCUT2D eigenvalue weighted by Crippen LogP contribution is -2.19. The van der Waals surface area contributed by atoms with Gasteiger partial charge in [0.05, 0.1) is 0 Å². The summed E-state index contributed by atoms with van der Waals surface area (Å²) in [7, 11) is 2.01. The molecule has 19 heavy (non-hydrogen) atoms. The van der Waals surface area contributed by atoms with Crippen molar-refractivity contribution in [3.63, 3.8) is 0 Å². The molecule has 0 saturated heterocycles. The van der Waals surface area contributed by atoms with Crippen molar-refractivity contribution in [3.05, 3.63) is 47.9 Å². The summed E-state index contributed by atoms with van der Waals surface area (Å²) in [5, 5.41) is 0. The summed E-state index contributed by atoms with van der Waals surface area (Å²) in [4.78, 5) is 10.7. The number of rotatable bonds is 4. The molecule has 1 aromatic heterocycles. The Balaban J connectivity index is 2.18. The fraction of sp³-hybridized carbons (Fsp3) is 0.333. The molecule has 4 heteroatoms. The van der Waals surface area contributed by atoms with Gasteiger partial charge in [-0.25, -0.2) is 9.97 Å². The number of nitrogen functional groups attached to an aromatic ring is 1. The van der Waals surface area contributed by atoms with Gasteiger partial charge in [0.25, 0.3) is 0 Å². The number of hydrogen-bond acceptors (Lipinski definition) is 4. The maximum atomic E-state index is 5.97. The Bertz CT molecular complexity index is 551. The molecule has 0 amide bonds. The normalized spacial score (nSPS) is 10.7. The van der Waals surface area contributed by atoms with Gasteiger partial charge in [0.2, 0.25) is 0 Å². The highest BCUT2D eigenvalue weighted by molar-refractivity contribution is 5.49. The summed E-state index contributed by atoms with van der Waals surface area (Å²) >= 11 is 0. The van der Waals surface area contributed by atoms with Crippen molar-refractivity contribution in [2.75, 3.05) is 17.7 Å². The lowest BCUT2D eigenvalue weighted by atomic mass is 10.1. The van der Waals surface area contributed by atoms with Gasteiger partial charge in [-0.1, -0.05) is 32.0 Å². The second-order valence-electron chi connectivity index (χ2n) is 5.01. The lowest BCUT2D eigenvalue weighted by molar-refractivity contribution is 0.802. The van der Waals surface area contributed by atoms with Gasteiger partial charge in [0.1, 0.15) is 12.1 Å². The Morgan fingerprint density at radius 2 is 1.95 bits per heavy atom. The van der Waals surface area contributed by atoms with Crippen LogP contribution in [0.3, 0.4) is 0 Å². The van der Waals surface area contributed by atoms with Crippen molar-refractivity contribution in [2.45, 2.75) is 26.3 Å². The van der Waals surface area contributed by atoms with Crippen LogP contribution < -0.4 is 10.6 Å². The first-order chi connectivity index (χ1) is 9.08. The summed E-state index contributed by atoms with van der Waals surface area (Å²) in [6.07, 6.45) is 1.62. The minimum absolute atomic E-state index is 0.400. The first kappa shape index (κ1) is 13.3. The van der Waals surface area contributed by atoms with Gasteiger partial charge in [-0.3, -0.25) is 0 Å². The minimum Gasteiger partial charge on any atom is -0.398 e. The number of anilines is 2. The van der Waals surface area contributed by atoms with Crippen molar-refractivity contribution in [1.82, 2.24) is 9.97 Å². The molecular weight excluding hydrogens is 236 g/mol. The van der Waals surface area contributed by atoms with Gasteiger partial charge in [0, 0.05) is 31.0 Å². The lowest BCUT2D eigenvalue weighted by Gasteiger charge is -2.20. The van der Waals surface area contributed by atoms with Gasteiger partial charge in [-0.15, -0.1) is 0 Å². The molecule has 0 saturated carbocycles. The summed E-state index contributed by atoms with van der Waals surface area (Å²) in [5.41, 5.74) is 8.94.